The molecule has 0 radical (unpaired) electrons. The average molecular weight is 423 g/mol. The predicted molar refractivity (Wildman–Crippen MR) is 115 cm³/mol. The normalized spacial score (nSPS) is 20.0. The fourth-order valence-electron chi connectivity index (χ4n) is 4.45. The average Bonchev–Trinajstić information content (AvgIpc) is 3.31. The number of nitrogens with one attached hydrogen (secondary N) is 2. The molecule has 31 heavy (non-hydrogen) atoms. The van der Waals surface area contributed by atoms with E-state index >= 15 is 0 Å². The minimum Gasteiger partial charge on any atom is -0.325 e. The molecule has 1 aliphatic carbocycles. The van der Waals surface area contributed by atoms with Gasteiger partial charge in [-0.3, -0.25) is 14.5 Å². The number of carbonyl (C=O) groups is 3. The molecule has 162 valence electrons. The van der Waals surface area contributed by atoms with Gasteiger partial charge in [-0.15, -0.1) is 0 Å². The van der Waals surface area contributed by atoms with E-state index < -0.39 is 29.2 Å². The molecule has 0 aromatic heterocycles. The first-order chi connectivity index (χ1) is 14.9. The molecule has 1 aliphatic heterocycles. The maximum atomic E-state index is 13.4. The molecule has 2 aliphatic rings. The summed E-state index contributed by atoms with van der Waals surface area (Å²) in [6, 6.07) is 10.8. The third-order valence-electron chi connectivity index (χ3n) is 6.10. The Bertz CT molecular complexity index is 1020. The fourth-order valence-corrected chi connectivity index (χ4v) is 4.45. The largest absolute Gasteiger partial charge is 0.325 e. The number of amides is 4. The summed E-state index contributed by atoms with van der Waals surface area (Å²) in [6.07, 6.45) is 5.05. The number of rotatable bonds is 7. The van der Waals surface area contributed by atoms with Gasteiger partial charge in [-0.1, -0.05) is 38.0 Å². The molecular formula is C24H26FN3O3. The van der Waals surface area contributed by atoms with Crippen LogP contribution in [0.1, 0.15) is 49.3 Å². The van der Waals surface area contributed by atoms with Crippen LogP contribution in [-0.2, 0) is 28.0 Å². The molecule has 2 aromatic carbocycles. The smallest absolute Gasteiger partial charge is 0.325 e. The van der Waals surface area contributed by atoms with E-state index in [-0.39, 0.29) is 6.54 Å². The van der Waals surface area contributed by atoms with Crippen LogP contribution in [0.3, 0.4) is 0 Å². The SMILES string of the molecule is CCCC[C@]1(c2ccc(F)cc2)NC(=O)N(CC(=O)Nc2ccc3c(c2)CCC3)C1=O. The van der Waals surface area contributed by atoms with Crippen molar-refractivity contribution in [3.8, 4) is 0 Å². The van der Waals surface area contributed by atoms with E-state index in [4.69, 9.17) is 0 Å². The monoisotopic (exact) mass is 423 g/mol. The van der Waals surface area contributed by atoms with Crippen LogP contribution in [0.25, 0.3) is 0 Å². The Balaban J connectivity index is 1.52. The van der Waals surface area contributed by atoms with Crippen LogP contribution in [0.2, 0.25) is 0 Å². The van der Waals surface area contributed by atoms with E-state index in [0.29, 0.717) is 24.1 Å². The van der Waals surface area contributed by atoms with Gasteiger partial charge in [0, 0.05) is 5.69 Å². The molecule has 6 nitrogen and oxygen atoms in total. The number of carbonyl (C=O) groups excluding carboxylic acids is 3. The lowest BCUT2D eigenvalue weighted by Gasteiger charge is -2.27. The van der Waals surface area contributed by atoms with Crippen LogP contribution in [0.4, 0.5) is 14.9 Å². The van der Waals surface area contributed by atoms with Gasteiger partial charge in [0.1, 0.15) is 17.9 Å². The number of urea groups is 1. The number of nitrogens with zero attached hydrogens (tertiary/aromatic N) is 1. The van der Waals surface area contributed by atoms with Gasteiger partial charge in [-0.25, -0.2) is 9.18 Å². The summed E-state index contributed by atoms with van der Waals surface area (Å²) in [7, 11) is 0. The number of fused-ring (bicyclic) bond motifs is 1. The maximum absolute atomic E-state index is 13.4. The Hall–Kier alpha value is -3.22. The number of hydrogen-bond acceptors (Lipinski definition) is 3. The Morgan fingerprint density at radius 2 is 1.87 bits per heavy atom. The van der Waals surface area contributed by atoms with Crippen molar-refractivity contribution in [2.75, 3.05) is 11.9 Å². The molecule has 1 heterocycles. The first-order valence-electron chi connectivity index (χ1n) is 10.7. The van der Waals surface area contributed by atoms with Crippen molar-refractivity contribution >= 4 is 23.5 Å². The third kappa shape index (κ3) is 4.04. The molecule has 0 unspecified atom stereocenters. The number of anilines is 1. The highest BCUT2D eigenvalue weighted by atomic mass is 19.1. The third-order valence-corrected chi connectivity index (χ3v) is 6.10. The van der Waals surface area contributed by atoms with Crippen LogP contribution >= 0.6 is 0 Å². The number of imide groups is 1. The molecular weight excluding hydrogens is 397 g/mol. The van der Waals surface area contributed by atoms with Gasteiger partial charge in [-0.05, 0) is 66.6 Å². The second kappa shape index (κ2) is 8.49. The van der Waals surface area contributed by atoms with Gasteiger partial charge in [0.25, 0.3) is 5.91 Å². The highest BCUT2D eigenvalue weighted by molar-refractivity contribution is 6.10. The van der Waals surface area contributed by atoms with Crippen molar-refractivity contribution in [3.05, 3.63) is 65.0 Å². The van der Waals surface area contributed by atoms with Crippen molar-refractivity contribution in [3.63, 3.8) is 0 Å². The van der Waals surface area contributed by atoms with Gasteiger partial charge < -0.3 is 10.6 Å². The Labute approximate surface area is 180 Å². The number of aryl methyl sites for hydroxylation is 2. The first kappa shape index (κ1) is 21.0. The molecule has 1 fully saturated rings. The molecule has 1 saturated heterocycles. The zero-order valence-corrected chi connectivity index (χ0v) is 17.5. The Kier molecular flexibility index (Phi) is 5.76. The van der Waals surface area contributed by atoms with Crippen molar-refractivity contribution in [1.82, 2.24) is 10.2 Å². The van der Waals surface area contributed by atoms with E-state index in [9.17, 15) is 18.8 Å². The summed E-state index contributed by atoms with van der Waals surface area (Å²) in [4.78, 5) is 39.6. The molecule has 0 saturated carbocycles. The zero-order chi connectivity index (χ0) is 22.0. The van der Waals surface area contributed by atoms with E-state index in [0.717, 1.165) is 30.6 Å². The van der Waals surface area contributed by atoms with E-state index in [1.165, 1.54) is 35.4 Å². The molecule has 2 aromatic rings. The van der Waals surface area contributed by atoms with Crippen LogP contribution in [-0.4, -0.2) is 29.3 Å². The zero-order valence-electron chi connectivity index (χ0n) is 17.5. The van der Waals surface area contributed by atoms with Crippen LogP contribution < -0.4 is 10.6 Å². The summed E-state index contributed by atoms with van der Waals surface area (Å²) in [5, 5.41) is 5.57. The van der Waals surface area contributed by atoms with Crippen molar-refractivity contribution in [2.24, 2.45) is 0 Å². The van der Waals surface area contributed by atoms with Crippen molar-refractivity contribution < 1.29 is 18.8 Å². The molecule has 1 atom stereocenters. The van der Waals surface area contributed by atoms with Gasteiger partial charge in [-0.2, -0.15) is 0 Å². The fraction of sp³-hybridized carbons (Fsp3) is 0.375. The van der Waals surface area contributed by atoms with Crippen LogP contribution in [0.5, 0.6) is 0 Å². The summed E-state index contributed by atoms with van der Waals surface area (Å²) < 4.78 is 13.4. The molecule has 7 heteroatoms. The Morgan fingerprint density at radius 3 is 2.61 bits per heavy atom. The number of halogens is 1. The first-order valence-corrected chi connectivity index (χ1v) is 10.7. The molecule has 0 spiro atoms. The summed E-state index contributed by atoms with van der Waals surface area (Å²) in [5.41, 5.74) is 2.42. The maximum Gasteiger partial charge on any atom is 0.325 e. The van der Waals surface area contributed by atoms with Crippen molar-refractivity contribution in [2.45, 2.75) is 51.0 Å². The van der Waals surface area contributed by atoms with Crippen molar-refractivity contribution in [1.29, 1.82) is 0 Å². The van der Waals surface area contributed by atoms with Gasteiger partial charge in [0.15, 0.2) is 0 Å². The standard InChI is InChI=1S/C24H26FN3O3/c1-2-3-13-24(18-8-10-19(25)11-9-18)22(30)28(23(31)27-24)15-21(29)26-20-12-7-16-5-4-6-17(16)14-20/h7-12,14H,2-6,13,15H2,1H3,(H,26,29)(H,27,31)/t24-/m1/s1. The van der Waals surface area contributed by atoms with Gasteiger partial charge in [0.2, 0.25) is 5.91 Å². The Morgan fingerprint density at radius 1 is 1.13 bits per heavy atom. The molecule has 2 N–H and O–H groups in total. The highest BCUT2D eigenvalue weighted by Gasteiger charge is 2.52. The van der Waals surface area contributed by atoms with E-state index in [1.54, 1.807) is 0 Å². The lowest BCUT2D eigenvalue weighted by molar-refractivity contribution is -0.134. The minimum absolute atomic E-state index is 0.378. The molecule has 4 rings (SSSR count). The number of hydrogen-bond donors (Lipinski definition) is 2. The second-order valence-corrected chi connectivity index (χ2v) is 8.22. The number of unbranched alkanes of at least 4 members (excludes halogenated alkanes) is 1. The predicted octanol–water partition coefficient (Wildman–Crippen LogP) is 3.89. The molecule has 4 amide bonds. The minimum atomic E-state index is -1.28. The van der Waals surface area contributed by atoms with E-state index in [1.807, 2.05) is 25.1 Å². The quantitative estimate of drug-likeness (QED) is 0.663. The van der Waals surface area contributed by atoms with Gasteiger partial charge >= 0.3 is 6.03 Å². The lowest BCUT2D eigenvalue weighted by Crippen LogP contribution is -2.44. The topological polar surface area (TPSA) is 78.5 Å². The second-order valence-electron chi connectivity index (χ2n) is 8.22. The molecule has 0 bridgehead atoms. The van der Waals surface area contributed by atoms with Gasteiger partial charge in [0.05, 0.1) is 0 Å². The lowest BCUT2D eigenvalue weighted by atomic mass is 9.85. The highest BCUT2D eigenvalue weighted by Crippen LogP contribution is 2.34. The van der Waals surface area contributed by atoms with Crippen LogP contribution in [0.15, 0.2) is 42.5 Å². The summed E-state index contributed by atoms with van der Waals surface area (Å²) in [5.74, 6) is -1.34. The number of benzene rings is 2. The summed E-state index contributed by atoms with van der Waals surface area (Å²) in [6.45, 7) is 1.61. The van der Waals surface area contributed by atoms with Crippen LogP contribution in [0, 0.1) is 5.82 Å². The summed E-state index contributed by atoms with van der Waals surface area (Å²) >= 11 is 0. The van der Waals surface area contributed by atoms with E-state index in [2.05, 4.69) is 10.6 Å².